The molecule has 1 aliphatic rings. The predicted molar refractivity (Wildman–Crippen MR) is 81.1 cm³/mol. The molecule has 1 aromatic rings. The molecule has 0 heterocycles. The van der Waals surface area contributed by atoms with Gasteiger partial charge in [-0.25, -0.2) is 0 Å². The molecule has 1 fully saturated rings. The molecular formula is C17H27NO. The SMILES string of the molecule is COc1cc(C(C)C)ccc1C(C)(C)CNC1CC1. The summed E-state index contributed by atoms with van der Waals surface area (Å²) in [4.78, 5) is 0. The summed E-state index contributed by atoms with van der Waals surface area (Å²) in [5.74, 6) is 1.56. The second-order valence-electron chi connectivity index (χ2n) is 6.65. The number of hydrogen-bond donors (Lipinski definition) is 1. The minimum Gasteiger partial charge on any atom is -0.496 e. The van der Waals surface area contributed by atoms with Crippen LogP contribution in [0.25, 0.3) is 0 Å². The average Bonchev–Trinajstić information content (AvgIpc) is 3.19. The second kappa shape index (κ2) is 5.54. The van der Waals surface area contributed by atoms with Crippen molar-refractivity contribution in [3.05, 3.63) is 29.3 Å². The van der Waals surface area contributed by atoms with Gasteiger partial charge in [0, 0.05) is 23.6 Å². The predicted octanol–water partition coefficient (Wildman–Crippen LogP) is 3.85. The zero-order valence-electron chi connectivity index (χ0n) is 12.9. The van der Waals surface area contributed by atoms with E-state index in [4.69, 9.17) is 4.74 Å². The highest BCUT2D eigenvalue weighted by Crippen LogP contribution is 2.34. The molecule has 2 nitrogen and oxygen atoms in total. The molecule has 19 heavy (non-hydrogen) atoms. The maximum Gasteiger partial charge on any atom is 0.122 e. The van der Waals surface area contributed by atoms with E-state index in [0.29, 0.717) is 5.92 Å². The Labute approximate surface area is 117 Å². The third-order valence-electron chi connectivity index (χ3n) is 4.03. The fourth-order valence-corrected chi connectivity index (χ4v) is 2.41. The van der Waals surface area contributed by atoms with Crippen molar-refractivity contribution in [3.63, 3.8) is 0 Å². The summed E-state index contributed by atoms with van der Waals surface area (Å²) in [6, 6.07) is 7.42. The molecule has 0 saturated heterocycles. The smallest absolute Gasteiger partial charge is 0.122 e. The van der Waals surface area contributed by atoms with Crippen LogP contribution in [-0.4, -0.2) is 19.7 Å². The maximum atomic E-state index is 5.62. The van der Waals surface area contributed by atoms with Crippen molar-refractivity contribution in [3.8, 4) is 5.75 Å². The lowest BCUT2D eigenvalue weighted by atomic mass is 9.82. The molecule has 0 spiro atoms. The highest BCUT2D eigenvalue weighted by Gasteiger charge is 2.28. The Bertz CT molecular complexity index is 433. The lowest BCUT2D eigenvalue weighted by molar-refractivity contribution is 0.384. The van der Waals surface area contributed by atoms with E-state index in [9.17, 15) is 0 Å². The van der Waals surface area contributed by atoms with Crippen molar-refractivity contribution in [2.75, 3.05) is 13.7 Å². The number of ether oxygens (including phenoxy) is 1. The number of benzene rings is 1. The summed E-state index contributed by atoms with van der Waals surface area (Å²) in [7, 11) is 1.77. The summed E-state index contributed by atoms with van der Waals surface area (Å²) in [5.41, 5.74) is 2.74. The van der Waals surface area contributed by atoms with Gasteiger partial charge in [-0.05, 0) is 30.4 Å². The molecule has 0 aromatic heterocycles. The van der Waals surface area contributed by atoms with Gasteiger partial charge < -0.3 is 10.1 Å². The van der Waals surface area contributed by atoms with Gasteiger partial charge in [-0.3, -0.25) is 0 Å². The molecule has 2 heteroatoms. The summed E-state index contributed by atoms with van der Waals surface area (Å²) in [6.45, 7) is 10.0. The van der Waals surface area contributed by atoms with Gasteiger partial charge in [-0.2, -0.15) is 0 Å². The van der Waals surface area contributed by atoms with E-state index in [1.807, 2.05) is 0 Å². The van der Waals surface area contributed by atoms with Crippen LogP contribution in [0.15, 0.2) is 18.2 Å². The van der Waals surface area contributed by atoms with Crippen LogP contribution < -0.4 is 10.1 Å². The Morgan fingerprint density at radius 2 is 2.00 bits per heavy atom. The topological polar surface area (TPSA) is 21.3 Å². The molecule has 0 amide bonds. The second-order valence-corrected chi connectivity index (χ2v) is 6.65. The molecule has 0 atom stereocenters. The number of hydrogen-bond acceptors (Lipinski definition) is 2. The van der Waals surface area contributed by atoms with E-state index in [2.05, 4.69) is 51.2 Å². The Morgan fingerprint density at radius 3 is 2.53 bits per heavy atom. The molecule has 0 aliphatic heterocycles. The van der Waals surface area contributed by atoms with Crippen LogP contribution in [0.5, 0.6) is 5.75 Å². The minimum atomic E-state index is 0.101. The van der Waals surface area contributed by atoms with Gasteiger partial charge in [0.25, 0.3) is 0 Å². The standard InChI is InChI=1S/C17H27NO/c1-12(2)13-6-9-15(16(10-13)19-5)17(3,4)11-18-14-7-8-14/h6,9-10,12,14,18H,7-8,11H2,1-5H3. The third kappa shape index (κ3) is 3.50. The summed E-state index contributed by atoms with van der Waals surface area (Å²) in [5, 5.41) is 3.63. The molecular weight excluding hydrogens is 234 g/mol. The van der Waals surface area contributed by atoms with Gasteiger partial charge in [0.15, 0.2) is 0 Å². The van der Waals surface area contributed by atoms with Crippen LogP contribution >= 0.6 is 0 Å². The molecule has 0 radical (unpaired) electrons. The third-order valence-corrected chi connectivity index (χ3v) is 4.03. The highest BCUT2D eigenvalue weighted by atomic mass is 16.5. The first kappa shape index (κ1) is 14.4. The molecule has 106 valence electrons. The fourth-order valence-electron chi connectivity index (χ4n) is 2.41. The van der Waals surface area contributed by atoms with Gasteiger partial charge in [0.2, 0.25) is 0 Å². The summed E-state index contributed by atoms with van der Waals surface area (Å²) < 4.78 is 5.62. The molecule has 0 bridgehead atoms. The van der Waals surface area contributed by atoms with E-state index in [1.54, 1.807) is 7.11 Å². The number of nitrogens with one attached hydrogen (secondary N) is 1. The molecule has 1 aromatic carbocycles. The largest absolute Gasteiger partial charge is 0.496 e. The average molecular weight is 261 g/mol. The van der Waals surface area contributed by atoms with Crippen molar-refractivity contribution in [2.45, 2.75) is 57.9 Å². The lowest BCUT2D eigenvalue weighted by Crippen LogP contribution is -2.34. The quantitative estimate of drug-likeness (QED) is 0.840. The first-order valence-corrected chi connectivity index (χ1v) is 7.36. The van der Waals surface area contributed by atoms with E-state index >= 15 is 0 Å². The van der Waals surface area contributed by atoms with E-state index in [1.165, 1.54) is 24.0 Å². The first-order valence-electron chi connectivity index (χ1n) is 7.36. The highest BCUT2D eigenvalue weighted by molar-refractivity contribution is 5.43. The zero-order valence-corrected chi connectivity index (χ0v) is 12.9. The van der Waals surface area contributed by atoms with Gasteiger partial charge in [-0.1, -0.05) is 39.8 Å². The Balaban J connectivity index is 2.20. The van der Waals surface area contributed by atoms with E-state index < -0.39 is 0 Å². The number of rotatable bonds is 6. The van der Waals surface area contributed by atoms with Crippen molar-refractivity contribution < 1.29 is 4.74 Å². The minimum absolute atomic E-state index is 0.101. The number of methoxy groups -OCH3 is 1. The zero-order chi connectivity index (χ0) is 14.0. The molecule has 1 N–H and O–H groups in total. The van der Waals surface area contributed by atoms with Crippen LogP contribution in [0.2, 0.25) is 0 Å². The van der Waals surface area contributed by atoms with Gasteiger partial charge in [0.1, 0.15) is 5.75 Å². The van der Waals surface area contributed by atoms with Gasteiger partial charge in [-0.15, -0.1) is 0 Å². The molecule has 1 saturated carbocycles. The van der Waals surface area contributed by atoms with Crippen LogP contribution in [0.4, 0.5) is 0 Å². The molecule has 1 aliphatic carbocycles. The van der Waals surface area contributed by atoms with Crippen molar-refractivity contribution in [2.24, 2.45) is 0 Å². The van der Waals surface area contributed by atoms with Gasteiger partial charge >= 0.3 is 0 Å². The van der Waals surface area contributed by atoms with E-state index in [0.717, 1.165) is 18.3 Å². The Hall–Kier alpha value is -1.02. The van der Waals surface area contributed by atoms with E-state index in [-0.39, 0.29) is 5.41 Å². The monoisotopic (exact) mass is 261 g/mol. The van der Waals surface area contributed by atoms with Gasteiger partial charge in [0.05, 0.1) is 7.11 Å². The lowest BCUT2D eigenvalue weighted by Gasteiger charge is -2.28. The Kier molecular flexibility index (Phi) is 4.19. The van der Waals surface area contributed by atoms with Crippen LogP contribution in [0.3, 0.4) is 0 Å². The van der Waals surface area contributed by atoms with Crippen molar-refractivity contribution in [1.29, 1.82) is 0 Å². The summed E-state index contributed by atoms with van der Waals surface area (Å²) >= 11 is 0. The summed E-state index contributed by atoms with van der Waals surface area (Å²) in [6.07, 6.45) is 2.67. The molecule has 2 rings (SSSR count). The fraction of sp³-hybridized carbons (Fsp3) is 0.647. The first-order chi connectivity index (χ1) is 8.94. The Morgan fingerprint density at radius 1 is 1.32 bits per heavy atom. The van der Waals surface area contributed by atoms with Crippen LogP contribution in [0, 0.1) is 0 Å². The van der Waals surface area contributed by atoms with Crippen molar-refractivity contribution >= 4 is 0 Å². The molecule has 0 unspecified atom stereocenters. The normalized spacial score (nSPS) is 15.9. The maximum absolute atomic E-state index is 5.62. The van der Waals surface area contributed by atoms with Crippen LogP contribution in [-0.2, 0) is 5.41 Å². The van der Waals surface area contributed by atoms with Crippen LogP contribution in [0.1, 0.15) is 57.6 Å². The van der Waals surface area contributed by atoms with Crippen molar-refractivity contribution in [1.82, 2.24) is 5.32 Å².